The maximum Gasteiger partial charge on any atom is 0.356 e. The standard InChI is InChI=1S/C9H10ClF2N3O5/c10-3-1-15(8(20)14-6(3)13)7(19)9(11,12)5(18)4(17)2-16/h1,4-5,16-18H,2H2,(H2,13,14,20)/t4-,5-/m1/s1. The largest absolute Gasteiger partial charge is 0.394 e. The maximum absolute atomic E-state index is 13.6. The van der Waals surface area contributed by atoms with Gasteiger partial charge in [0.25, 0.3) is 0 Å². The Morgan fingerprint density at radius 3 is 2.60 bits per heavy atom. The lowest BCUT2D eigenvalue weighted by Crippen LogP contribution is -2.53. The molecule has 112 valence electrons. The van der Waals surface area contributed by atoms with E-state index >= 15 is 0 Å². The van der Waals surface area contributed by atoms with Crippen molar-refractivity contribution in [2.75, 3.05) is 12.3 Å². The molecule has 0 aliphatic rings. The van der Waals surface area contributed by atoms with E-state index in [1.807, 2.05) is 0 Å². The van der Waals surface area contributed by atoms with Crippen molar-refractivity contribution in [2.24, 2.45) is 0 Å². The van der Waals surface area contributed by atoms with Crippen LogP contribution in [0.1, 0.15) is 4.79 Å². The molecule has 1 rings (SSSR count). The number of aliphatic hydroxyl groups is 3. The lowest BCUT2D eigenvalue weighted by Gasteiger charge is -2.24. The summed E-state index contributed by atoms with van der Waals surface area (Å²) in [5.74, 6) is -7.18. The zero-order chi connectivity index (χ0) is 15.7. The predicted octanol–water partition coefficient (Wildman–Crippen LogP) is -1.53. The van der Waals surface area contributed by atoms with Crippen molar-refractivity contribution in [3.8, 4) is 0 Å². The molecule has 0 aliphatic carbocycles. The lowest BCUT2D eigenvalue weighted by molar-refractivity contribution is -0.136. The summed E-state index contributed by atoms with van der Waals surface area (Å²) in [6.45, 7) is -1.21. The second-order valence-electron chi connectivity index (χ2n) is 3.75. The van der Waals surface area contributed by atoms with Crippen molar-refractivity contribution in [2.45, 2.75) is 18.1 Å². The van der Waals surface area contributed by atoms with Gasteiger partial charge in [-0.2, -0.15) is 13.8 Å². The van der Waals surface area contributed by atoms with Gasteiger partial charge in [-0.3, -0.25) is 4.79 Å². The summed E-state index contributed by atoms with van der Waals surface area (Å²) >= 11 is 5.45. The summed E-state index contributed by atoms with van der Waals surface area (Å²) in [7, 11) is 0. The van der Waals surface area contributed by atoms with Crippen molar-refractivity contribution >= 4 is 23.3 Å². The number of aliphatic hydroxyl groups excluding tert-OH is 3. The molecule has 0 unspecified atom stereocenters. The van der Waals surface area contributed by atoms with Crippen molar-refractivity contribution in [3.05, 3.63) is 21.7 Å². The number of anilines is 1. The Labute approximate surface area is 115 Å². The lowest BCUT2D eigenvalue weighted by atomic mass is 10.1. The summed E-state index contributed by atoms with van der Waals surface area (Å²) in [6, 6.07) is 0. The number of carbonyl (C=O) groups excluding carboxylic acids is 1. The Morgan fingerprint density at radius 1 is 1.55 bits per heavy atom. The number of hydrogen-bond donors (Lipinski definition) is 4. The molecule has 0 aromatic carbocycles. The van der Waals surface area contributed by atoms with Gasteiger partial charge in [0.1, 0.15) is 11.9 Å². The molecule has 5 N–H and O–H groups in total. The number of hydrogen-bond acceptors (Lipinski definition) is 7. The van der Waals surface area contributed by atoms with E-state index in [9.17, 15) is 18.4 Å². The number of nitrogens with two attached hydrogens (primary N) is 1. The van der Waals surface area contributed by atoms with Crippen LogP contribution in [0.4, 0.5) is 14.6 Å². The SMILES string of the molecule is Nc1nc(=O)n(C(=O)C(F)(F)[C@H](O)[C@H](O)CO)cc1Cl. The maximum atomic E-state index is 13.6. The van der Waals surface area contributed by atoms with E-state index in [4.69, 9.17) is 32.7 Å². The van der Waals surface area contributed by atoms with Gasteiger partial charge in [-0.25, -0.2) is 9.36 Å². The highest BCUT2D eigenvalue weighted by Gasteiger charge is 2.51. The van der Waals surface area contributed by atoms with Crippen LogP contribution in [0.3, 0.4) is 0 Å². The van der Waals surface area contributed by atoms with Crippen LogP contribution < -0.4 is 11.4 Å². The normalized spacial score (nSPS) is 14.9. The molecule has 2 atom stereocenters. The number of aromatic nitrogens is 2. The van der Waals surface area contributed by atoms with Gasteiger partial charge in [-0.1, -0.05) is 11.6 Å². The summed E-state index contributed by atoms with van der Waals surface area (Å²) in [4.78, 5) is 25.9. The monoisotopic (exact) mass is 313 g/mol. The van der Waals surface area contributed by atoms with Crippen molar-refractivity contribution in [3.63, 3.8) is 0 Å². The van der Waals surface area contributed by atoms with Gasteiger partial charge < -0.3 is 21.1 Å². The fourth-order valence-electron chi connectivity index (χ4n) is 1.22. The van der Waals surface area contributed by atoms with E-state index < -0.39 is 47.2 Å². The molecular formula is C9H10ClF2N3O5. The van der Waals surface area contributed by atoms with Crippen LogP contribution in [-0.2, 0) is 0 Å². The van der Waals surface area contributed by atoms with Crippen LogP contribution in [-0.4, -0.2) is 55.5 Å². The minimum atomic E-state index is -4.55. The van der Waals surface area contributed by atoms with Crippen LogP contribution in [0.5, 0.6) is 0 Å². The second kappa shape index (κ2) is 5.79. The number of alkyl halides is 2. The van der Waals surface area contributed by atoms with Crippen molar-refractivity contribution < 1.29 is 28.9 Å². The minimum Gasteiger partial charge on any atom is -0.394 e. The summed E-state index contributed by atoms with van der Waals surface area (Å²) in [6.07, 6.45) is -4.68. The van der Waals surface area contributed by atoms with Crippen molar-refractivity contribution in [1.82, 2.24) is 9.55 Å². The highest BCUT2D eigenvalue weighted by Crippen LogP contribution is 2.24. The van der Waals surface area contributed by atoms with E-state index in [1.165, 1.54) is 0 Å². The molecule has 0 saturated carbocycles. The number of nitrogen functional groups attached to an aromatic ring is 1. The second-order valence-corrected chi connectivity index (χ2v) is 4.16. The van der Waals surface area contributed by atoms with Crippen LogP contribution in [0.25, 0.3) is 0 Å². The Hall–Kier alpha value is -1.62. The number of halogens is 3. The molecule has 1 aromatic heterocycles. The molecule has 0 bridgehead atoms. The molecule has 11 heteroatoms. The number of carbonyl (C=O) groups is 1. The van der Waals surface area contributed by atoms with E-state index in [0.717, 1.165) is 0 Å². The average Bonchev–Trinajstić information content (AvgIpc) is 2.40. The van der Waals surface area contributed by atoms with Gasteiger partial charge in [0, 0.05) is 6.20 Å². The molecule has 0 radical (unpaired) electrons. The molecule has 0 aliphatic heterocycles. The highest BCUT2D eigenvalue weighted by molar-refractivity contribution is 6.32. The first kappa shape index (κ1) is 16.4. The minimum absolute atomic E-state index is 0.147. The highest BCUT2D eigenvalue weighted by atomic mass is 35.5. The Morgan fingerprint density at radius 2 is 2.10 bits per heavy atom. The van der Waals surface area contributed by atoms with Crippen molar-refractivity contribution in [1.29, 1.82) is 0 Å². The van der Waals surface area contributed by atoms with Gasteiger partial charge in [-0.15, -0.1) is 0 Å². The van der Waals surface area contributed by atoms with Gasteiger partial charge in [0.05, 0.1) is 11.6 Å². The first-order valence-corrected chi connectivity index (χ1v) is 5.45. The van der Waals surface area contributed by atoms with Crippen LogP contribution in [0, 0.1) is 0 Å². The zero-order valence-electron chi connectivity index (χ0n) is 9.70. The molecule has 1 aromatic rings. The quantitative estimate of drug-likeness (QED) is 0.529. The molecular weight excluding hydrogens is 304 g/mol. The number of nitrogens with zero attached hydrogens (tertiary/aromatic N) is 2. The zero-order valence-corrected chi connectivity index (χ0v) is 10.5. The van der Waals surface area contributed by atoms with E-state index in [2.05, 4.69) is 4.98 Å². The predicted molar refractivity (Wildman–Crippen MR) is 62.6 cm³/mol. The summed E-state index contributed by atoms with van der Waals surface area (Å²) in [5, 5.41) is 26.1. The molecule has 0 amide bonds. The fourth-order valence-corrected chi connectivity index (χ4v) is 1.36. The van der Waals surface area contributed by atoms with E-state index in [0.29, 0.717) is 6.20 Å². The van der Waals surface area contributed by atoms with E-state index in [-0.39, 0.29) is 4.57 Å². The molecule has 0 spiro atoms. The van der Waals surface area contributed by atoms with Gasteiger partial charge in [0.15, 0.2) is 6.10 Å². The summed E-state index contributed by atoms with van der Waals surface area (Å²) in [5.41, 5.74) is 3.72. The Bertz CT molecular complexity index is 579. The van der Waals surface area contributed by atoms with Crippen LogP contribution in [0.15, 0.2) is 11.0 Å². The third-order valence-electron chi connectivity index (χ3n) is 2.34. The molecule has 0 saturated heterocycles. The summed E-state index contributed by atoms with van der Waals surface area (Å²) < 4.78 is 27.1. The van der Waals surface area contributed by atoms with Crippen LogP contribution >= 0.6 is 11.6 Å². The molecule has 8 nitrogen and oxygen atoms in total. The first-order chi connectivity index (χ1) is 9.12. The fraction of sp³-hybridized carbons (Fsp3) is 0.444. The van der Waals surface area contributed by atoms with E-state index in [1.54, 1.807) is 0 Å². The van der Waals surface area contributed by atoms with Crippen LogP contribution in [0.2, 0.25) is 5.02 Å². The molecule has 1 heterocycles. The topological polar surface area (TPSA) is 139 Å². The molecule has 20 heavy (non-hydrogen) atoms. The smallest absolute Gasteiger partial charge is 0.356 e. The number of rotatable bonds is 4. The Balaban J connectivity index is 3.24. The third-order valence-corrected chi connectivity index (χ3v) is 2.63. The average molecular weight is 314 g/mol. The third kappa shape index (κ3) is 2.93. The van der Waals surface area contributed by atoms with Gasteiger partial charge >= 0.3 is 17.5 Å². The Kier molecular flexibility index (Phi) is 4.76. The molecule has 0 fully saturated rings. The van der Waals surface area contributed by atoms with Gasteiger partial charge in [-0.05, 0) is 0 Å². The van der Waals surface area contributed by atoms with Gasteiger partial charge in [0.2, 0.25) is 0 Å². The first-order valence-electron chi connectivity index (χ1n) is 5.07.